The van der Waals surface area contributed by atoms with Gasteiger partial charge in [-0.25, -0.2) is 4.79 Å². The maximum atomic E-state index is 11.4. The number of aromatic carboxylic acids is 1. The number of carbonyl (C=O) groups is 1. The molecule has 0 saturated carbocycles. The molecule has 20 heavy (non-hydrogen) atoms. The van der Waals surface area contributed by atoms with Crippen molar-refractivity contribution in [3.63, 3.8) is 0 Å². The highest BCUT2D eigenvalue weighted by molar-refractivity contribution is 5.94. The van der Waals surface area contributed by atoms with Crippen molar-refractivity contribution in [3.05, 3.63) is 54.1 Å². The van der Waals surface area contributed by atoms with E-state index in [1.165, 1.54) is 12.1 Å². The van der Waals surface area contributed by atoms with Crippen LogP contribution >= 0.6 is 0 Å². The predicted octanol–water partition coefficient (Wildman–Crippen LogP) is 2.71. The van der Waals surface area contributed by atoms with Crippen LogP contribution in [0.4, 0.5) is 0 Å². The molecule has 1 aromatic carbocycles. The van der Waals surface area contributed by atoms with Gasteiger partial charge >= 0.3 is 5.97 Å². The fraction of sp³-hybridized carbons (Fsp3) is 0.133. The Balaban J connectivity index is 2.06. The van der Waals surface area contributed by atoms with E-state index in [9.17, 15) is 15.0 Å². The largest absolute Gasteiger partial charge is 0.508 e. The van der Waals surface area contributed by atoms with Gasteiger partial charge in [0.2, 0.25) is 0 Å². The summed E-state index contributed by atoms with van der Waals surface area (Å²) in [7, 11) is 0. The fourth-order valence-electron chi connectivity index (χ4n) is 2.27. The standard InChI is InChI=1S/C15H13NO4/c17-11-3-1-9(2-4-11)12-7-13(10-5-6-20-8-10)16-14(12)15(18)19/h1-7,10,16-17H,8H2,(H,18,19). The summed E-state index contributed by atoms with van der Waals surface area (Å²) >= 11 is 0. The Labute approximate surface area is 115 Å². The van der Waals surface area contributed by atoms with Crippen LogP contribution in [-0.2, 0) is 4.74 Å². The number of ether oxygens (including phenoxy) is 1. The lowest BCUT2D eigenvalue weighted by atomic mass is 10.0. The smallest absolute Gasteiger partial charge is 0.352 e. The Hall–Kier alpha value is -2.69. The minimum absolute atomic E-state index is 0.0407. The molecule has 1 aliphatic rings. The lowest BCUT2D eigenvalue weighted by Gasteiger charge is -2.02. The molecule has 2 heterocycles. The summed E-state index contributed by atoms with van der Waals surface area (Å²) in [5.41, 5.74) is 2.30. The summed E-state index contributed by atoms with van der Waals surface area (Å²) in [6.07, 6.45) is 3.50. The van der Waals surface area contributed by atoms with Gasteiger partial charge in [0.05, 0.1) is 18.8 Å². The summed E-state index contributed by atoms with van der Waals surface area (Å²) in [6, 6.07) is 8.27. The van der Waals surface area contributed by atoms with E-state index in [0.717, 1.165) is 11.3 Å². The van der Waals surface area contributed by atoms with Crippen molar-refractivity contribution in [1.82, 2.24) is 4.98 Å². The minimum atomic E-state index is -1.01. The lowest BCUT2D eigenvalue weighted by molar-refractivity contribution is 0.0692. The molecule has 2 aromatic rings. The van der Waals surface area contributed by atoms with E-state index in [0.29, 0.717) is 12.2 Å². The first-order chi connectivity index (χ1) is 9.65. The molecular weight excluding hydrogens is 258 g/mol. The average Bonchev–Trinajstić information content (AvgIpc) is 3.08. The molecule has 0 amide bonds. The first-order valence-corrected chi connectivity index (χ1v) is 6.19. The van der Waals surface area contributed by atoms with Gasteiger partial charge in [0.25, 0.3) is 0 Å². The number of H-pyrrole nitrogens is 1. The van der Waals surface area contributed by atoms with E-state index in [4.69, 9.17) is 4.74 Å². The number of aromatic amines is 1. The van der Waals surface area contributed by atoms with Gasteiger partial charge in [-0.1, -0.05) is 12.1 Å². The van der Waals surface area contributed by atoms with Gasteiger partial charge in [-0.2, -0.15) is 0 Å². The second kappa shape index (κ2) is 4.77. The second-order valence-electron chi connectivity index (χ2n) is 4.63. The third-order valence-corrected chi connectivity index (χ3v) is 3.31. The number of nitrogens with one attached hydrogen (secondary N) is 1. The summed E-state index contributed by atoms with van der Waals surface area (Å²) in [5.74, 6) is -0.824. The quantitative estimate of drug-likeness (QED) is 0.801. The summed E-state index contributed by atoms with van der Waals surface area (Å²) in [5, 5.41) is 18.6. The molecule has 1 aliphatic heterocycles. The molecule has 0 spiro atoms. The lowest BCUT2D eigenvalue weighted by Crippen LogP contribution is -2.01. The zero-order chi connectivity index (χ0) is 14.1. The maximum absolute atomic E-state index is 11.4. The van der Waals surface area contributed by atoms with Gasteiger partial charge in [-0.15, -0.1) is 0 Å². The van der Waals surface area contributed by atoms with Crippen LogP contribution in [0.25, 0.3) is 11.1 Å². The van der Waals surface area contributed by atoms with Crippen LogP contribution in [-0.4, -0.2) is 27.8 Å². The number of aromatic nitrogens is 1. The van der Waals surface area contributed by atoms with Crippen LogP contribution in [0.15, 0.2) is 42.7 Å². The van der Waals surface area contributed by atoms with E-state index >= 15 is 0 Å². The molecule has 0 radical (unpaired) electrons. The van der Waals surface area contributed by atoms with E-state index in [2.05, 4.69) is 4.98 Å². The Morgan fingerprint density at radius 1 is 1.30 bits per heavy atom. The van der Waals surface area contributed by atoms with Crippen molar-refractivity contribution in [2.75, 3.05) is 6.61 Å². The van der Waals surface area contributed by atoms with Gasteiger partial charge < -0.3 is 19.9 Å². The zero-order valence-electron chi connectivity index (χ0n) is 10.5. The highest BCUT2D eigenvalue weighted by Crippen LogP contribution is 2.31. The number of benzene rings is 1. The molecule has 5 heteroatoms. The van der Waals surface area contributed by atoms with E-state index < -0.39 is 5.97 Å². The molecule has 5 nitrogen and oxygen atoms in total. The monoisotopic (exact) mass is 271 g/mol. The molecule has 3 rings (SSSR count). The van der Waals surface area contributed by atoms with Crippen LogP contribution in [0.2, 0.25) is 0 Å². The summed E-state index contributed by atoms with van der Waals surface area (Å²) in [4.78, 5) is 14.3. The maximum Gasteiger partial charge on any atom is 0.352 e. The van der Waals surface area contributed by atoms with Crippen LogP contribution in [0, 0.1) is 0 Å². The Morgan fingerprint density at radius 2 is 2.05 bits per heavy atom. The molecule has 0 saturated heterocycles. The fourth-order valence-corrected chi connectivity index (χ4v) is 2.27. The molecule has 0 aliphatic carbocycles. The van der Waals surface area contributed by atoms with E-state index in [1.807, 2.05) is 12.1 Å². The normalized spacial score (nSPS) is 17.1. The van der Waals surface area contributed by atoms with Crippen molar-refractivity contribution in [1.29, 1.82) is 0 Å². The van der Waals surface area contributed by atoms with Crippen molar-refractivity contribution in [2.24, 2.45) is 0 Å². The number of hydrogen-bond acceptors (Lipinski definition) is 3. The van der Waals surface area contributed by atoms with Crippen LogP contribution in [0.1, 0.15) is 22.1 Å². The SMILES string of the molecule is O=C(O)c1[nH]c(C2C=COC2)cc1-c1ccc(O)cc1. The van der Waals surface area contributed by atoms with Crippen LogP contribution in [0.5, 0.6) is 5.75 Å². The molecule has 1 unspecified atom stereocenters. The van der Waals surface area contributed by atoms with Crippen molar-refractivity contribution in [2.45, 2.75) is 5.92 Å². The number of rotatable bonds is 3. The Bertz CT molecular complexity index is 670. The van der Waals surface area contributed by atoms with Gasteiger partial charge in [0, 0.05) is 11.3 Å². The first-order valence-electron chi connectivity index (χ1n) is 6.19. The molecule has 3 N–H and O–H groups in total. The van der Waals surface area contributed by atoms with Crippen LogP contribution in [0.3, 0.4) is 0 Å². The summed E-state index contributed by atoms with van der Waals surface area (Å²) < 4.78 is 5.16. The molecular formula is C15H13NO4. The average molecular weight is 271 g/mol. The van der Waals surface area contributed by atoms with E-state index in [-0.39, 0.29) is 17.4 Å². The molecule has 0 bridgehead atoms. The third-order valence-electron chi connectivity index (χ3n) is 3.31. The van der Waals surface area contributed by atoms with E-state index in [1.54, 1.807) is 18.4 Å². The number of phenolic OH excluding ortho intramolecular Hbond substituents is 1. The molecule has 1 aromatic heterocycles. The van der Waals surface area contributed by atoms with Gasteiger partial charge in [0.1, 0.15) is 11.4 Å². The van der Waals surface area contributed by atoms with Crippen molar-refractivity contribution < 1.29 is 19.7 Å². The number of hydrogen-bond donors (Lipinski definition) is 3. The van der Waals surface area contributed by atoms with Crippen molar-refractivity contribution in [3.8, 4) is 16.9 Å². The Kier molecular flexibility index (Phi) is 2.95. The Morgan fingerprint density at radius 3 is 2.65 bits per heavy atom. The van der Waals surface area contributed by atoms with Gasteiger partial charge in [0.15, 0.2) is 0 Å². The van der Waals surface area contributed by atoms with Crippen molar-refractivity contribution >= 4 is 5.97 Å². The van der Waals surface area contributed by atoms with Gasteiger partial charge in [-0.05, 0) is 29.8 Å². The van der Waals surface area contributed by atoms with Crippen LogP contribution < -0.4 is 0 Å². The molecule has 102 valence electrons. The number of aromatic hydroxyl groups is 1. The predicted molar refractivity (Wildman–Crippen MR) is 72.7 cm³/mol. The zero-order valence-corrected chi connectivity index (χ0v) is 10.5. The first kappa shape index (κ1) is 12.3. The molecule has 1 atom stereocenters. The molecule has 0 fully saturated rings. The number of carboxylic acids is 1. The second-order valence-corrected chi connectivity index (χ2v) is 4.63. The highest BCUT2D eigenvalue weighted by Gasteiger charge is 2.21. The number of phenols is 1. The summed E-state index contributed by atoms with van der Waals surface area (Å²) in [6.45, 7) is 0.509. The highest BCUT2D eigenvalue weighted by atomic mass is 16.5. The van der Waals surface area contributed by atoms with Gasteiger partial charge in [-0.3, -0.25) is 0 Å². The topological polar surface area (TPSA) is 82.5 Å². The third kappa shape index (κ3) is 2.14. The minimum Gasteiger partial charge on any atom is -0.508 e. The number of carboxylic acid groups (broad SMARTS) is 1.